The molecule has 2 unspecified atom stereocenters. The van der Waals surface area contributed by atoms with Gasteiger partial charge in [0.2, 0.25) is 0 Å². The molecule has 8 heteroatoms. The zero-order valence-corrected chi connectivity index (χ0v) is 28.2. The second kappa shape index (κ2) is 11.2. The lowest BCUT2D eigenvalue weighted by Gasteiger charge is -2.69. The average molecular weight is 643 g/mol. The Morgan fingerprint density at radius 2 is 1.66 bits per heavy atom. The number of ether oxygens (including phenoxy) is 4. The summed E-state index contributed by atoms with van der Waals surface area (Å²) in [5.74, 6) is -1.16. The van der Waals surface area contributed by atoms with Gasteiger partial charge in [-0.3, -0.25) is 9.59 Å². The average Bonchev–Trinajstić information content (AvgIpc) is 3.75. The van der Waals surface area contributed by atoms with Crippen molar-refractivity contribution in [2.24, 2.45) is 33.5 Å². The van der Waals surface area contributed by atoms with Crippen LogP contribution in [0.3, 0.4) is 0 Å². The fraction of sp³-hybridized carbons (Fsp3) is 0.564. The normalized spacial score (nSPS) is 41.7. The van der Waals surface area contributed by atoms with Crippen molar-refractivity contribution >= 4 is 24.0 Å². The van der Waals surface area contributed by atoms with E-state index < -0.39 is 46.6 Å². The predicted octanol–water partition coefficient (Wildman–Crippen LogP) is 7.05. The van der Waals surface area contributed by atoms with Crippen LogP contribution in [-0.2, 0) is 33.3 Å². The first-order valence-corrected chi connectivity index (χ1v) is 17.0. The molecule has 0 radical (unpaired) electrons. The molecular formula is C39H46O8. The number of rotatable bonds is 6. The zero-order chi connectivity index (χ0) is 33.4. The number of furan rings is 1. The van der Waals surface area contributed by atoms with Crippen LogP contribution in [0.5, 0.6) is 0 Å². The summed E-state index contributed by atoms with van der Waals surface area (Å²) in [7, 11) is 0. The van der Waals surface area contributed by atoms with Gasteiger partial charge in [-0.2, -0.15) is 0 Å². The Morgan fingerprint density at radius 3 is 2.34 bits per heavy atom. The molecule has 0 spiro atoms. The highest BCUT2D eigenvalue weighted by Crippen LogP contribution is 2.76. The highest BCUT2D eigenvalue weighted by atomic mass is 16.6. The van der Waals surface area contributed by atoms with Crippen molar-refractivity contribution in [2.45, 2.75) is 97.6 Å². The van der Waals surface area contributed by atoms with Gasteiger partial charge in [0, 0.05) is 48.5 Å². The van der Waals surface area contributed by atoms with Gasteiger partial charge in [0.05, 0.1) is 25.2 Å². The first-order valence-electron chi connectivity index (χ1n) is 17.0. The van der Waals surface area contributed by atoms with Crippen molar-refractivity contribution in [2.75, 3.05) is 6.61 Å². The van der Waals surface area contributed by atoms with Gasteiger partial charge >= 0.3 is 17.9 Å². The molecule has 0 amide bonds. The van der Waals surface area contributed by atoms with E-state index in [1.165, 1.54) is 31.1 Å². The van der Waals surface area contributed by atoms with E-state index in [9.17, 15) is 14.4 Å². The summed E-state index contributed by atoms with van der Waals surface area (Å²) < 4.78 is 31.2. The molecule has 0 bridgehead atoms. The third-order valence-corrected chi connectivity index (χ3v) is 13.0. The lowest BCUT2D eigenvalue weighted by molar-refractivity contribution is -0.265. The van der Waals surface area contributed by atoms with Crippen molar-refractivity contribution in [1.29, 1.82) is 0 Å². The van der Waals surface area contributed by atoms with Crippen molar-refractivity contribution in [3.8, 4) is 0 Å². The van der Waals surface area contributed by atoms with Gasteiger partial charge in [-0.1, -0.05) is 69.7 Å². The Morgan fingerprint density at radius 1 is 0.936 bits per heavy atom. The number of carbonyl (C=O) groups is 3. The van der Waals surface area contributed by atoms with E-state index in [1.807, 2.05) is 36.6 Å². The quantitative estimate of drug-likeness (QED) is 0.143. The van der Waals surface area contributed by atoms with Gasteiger partial charge in [-0.25, -0.2) is 4.79 Å². The van der Waals surface area contributed by atoms with Crippen LogP contribution >= 0.6 is 0 Å². The van der Waals surface area contributed by atoms with Crippen LogP contribution in [0.25, 0.3) is 6.08 Å². The molecule has 1 aromatic heterocycles. The molecule has 1 aliphatic heterocycles. The molecule has 0 N–H and O–H groups in total. The molecule has 250 valence electrons. The Hall–Kier alpha value is -3.65. The monoisotopic (exact) mass is 642 g/mol. The second-order valence-electron chi connectivity index (χ2n) is 15.4. The zero-order valence-electron chi connectivity index (χ0n) is 28.2. The minimum absolute atomic E-state index is 0.0155. The van der Waals surface area contributed by atoms with E-state index in [1.54, 1.807) is 12.3 Å². The van der Waals surface area contributed by atoms with Crippen LogP contribution in [0.15, 0.2) is 71.1 Å². The smallest absolute Gasteiger partial charge is 0.331 e. The summed E-state index contributed by atoms with van der Waals surface area (Å²) in [6.07, 6.45) is 10.1. The molecule has 11 atom stereocenters. The predicted molar refractivity (Wildman–Crippen MR) is 174 cm³/mol. The summed E-state index contributed by atoms with van der Waals surface area (Å²) >= 11 is 0. The van der Waals surface area contributed by atoms with Crippen LogP contribution in [0, 0.1) is 33.5 Å². The van der Waals surface area contributed by atoms with Gasteiger partial charge in [0.25, 0.3) is 0 Å². The van der Waals surface area contributed by atoms with Crippen molar-refractivity contribution < 1.29 is 37.7 Å². The van der Waals surface area contributed by atoms with E-state index >= 15 is 0 Å². The Balaban J connectivity index is 1.36. The summed E-state index contributed by atoms with van der Waals surface area (Å²) in [6, 6.07) is 11.7. The third kappa shape index (κ3) is 4.68. The molecule has 47 heavy (non-hydrogen) atoms. The van der Waals surface area contributed by atoms with E-state index in [0.717, 1.165) is 24.8 Å². The summed E-state index contributed by atoms with van der Waals surface area (Å²) in [6.45, 7) is 12.2. The highest BCUT2D eigenvalue weighted by Gasteiger charge is 2.78. The molecule has 4 fully saturated rings. The molecule has 1 aromatic carbocycles. The maximum atomic E-state index is 13.8. The highest BCUT2D eigenvalue weighted by molar-refractivity contribution is 5.87. The number of carbonyl (C=O) groups excluding carboxylic acids is 3. The SMILES string of the molecule is CC(=O)O[C@H]1C[C@@H](OC(C)=O)[C@@]2(C)COC3C2[C@@]1(C)[C@H]1CC[C@@]2(C)C(=CC[C@H]2c2ccoc2)[C@]1(C)[C@@H]3OC(=O)/C=C/c1ccccc1. The van der Waals surface area contributed by atoms with Crippen LogP contribution in [0.2, 0.25) is 0 Å². The molecule has 8 nitrogen and oxygen atoms in total. The first-order chi connectivity index (χ1) is 22.3. The standard InChI is InChI=1S/C39H46O8/c1-23(40)45-30-20-31(46-24(2)41)39(6)29-16-18-36(3)27(26-17-19-43-21-26)13-14-28(36)38(29,5)35(33-34(39)37(30,4)22-44-33)47-32(42)15-12-25-10-8-7-9-11-25/h7-12,14-15,17,19,21,27,29-31,33-35H,13,16,18,20,22H2,1-6H3/b15-12+/t27-,29-,30+,31-,33?,34?,35+,36+,37+,38-,39-/m0/s1. The first kappa shape index (κ1) is 31.9. The molecule has 3 saturated carbocycles. The number of fused-ring (bicyclic) bond motifs is 4. The summed E-state index contributed by atoms with van der Waals surface area (Å²) in [4.78, 5) is 38.9. The molecule has 4 aliphatic carbocycles. The van der Waals surface area contributed by atoms with Crippen LogP contribution in [0.1, 0.15) is 84.3 Å². The molecule has 1 saturated heterocycles. The molecular weight excluding hydrogens is 596 g/mol. The molecule has 7 rings (SSSR count). The fourth-order valence-corrected chi connectivity index (χ4v) is 11.3. The van der Waals surface area contributed by atoms with Gasteiger partial charge in [0.15, 0.2) is 0 Å². The summed E-state index contributed by atoms with van der Waals surface area (Å²) in [5, 5.41) is 0. The molecule has 2 aromatic rings. The summed E-state index contributed by atoms with van der Waals surface area (Å²) in [5.41, 5.74) is 1.40. The number of allylic oxidation sites excluding steroid dienone is 1. The topological polar surface area (TPSA) is 101 Å². The Labute approximate surface area is 276 Å². The van der Waals surface area contributed by atoms with Crippen molar-refractivity contribution in [3.05, 3.63) is 77.8 Å². The Kier molecular flexibility index (Phi) is 7.62. The van der Waals surface area contributed by atoms with E-state index in [4.69, 9.17) is 23.4 Å². The van der Waals surface area contributed by atoms with Crippen molar-refractivity contribution in [3.63, 3.8) is 0 Å². The maximum Gasteiger partial charge on any atom is 0.331 e. The number of hydrogen-bond donors (Lipinski definition) is 0. The maximum absolute atomic E-state index is 13.8. The second-order valence-corrected chi connectivity index (χ2v) is 15.4. The van der Waals surface area contributed by atoms with Crippen LogP contribution in [0.4, 0.5) is 0 Å². The van der Waals surface area contributed by atoms with Gasteiger partial charge in [0.1, 0.15) is 18.3 Å². The van der Waals surface area contributed by atoms with E-state index in [0.29, 0.717) is 13.0 Å². The minimum atomic E-state index is -0.629. The lowest BCUT2D eigenvalue weighted by atomic mass is 9.36. The largest absolute Gasteiger partial charge is 0.472 e. The fourth-order valence-electron chi connectivity index (χ4n) is 11.3. The van der Waals surface area contributed by atoms with Gasteiger partial charge in [-0.15, -0.1) is 0 Å². The van der Waals surface area contributed by atoms with E-state index in [2.05, 4.69) is 39.8 Å². The number of benzene rings is 1. The third-order valence-electron chi connectivity index (χ3n) is 13.0. The van der Waals surface area contributed by atoms with Crippen LogP contribution in [-0.4, -0.2) is 48.9 Å². The number of hydrogen-bond acceptors (Lipinski definition) is 8. The lowest BCUT2D eigenvalue weighted by Crippen LogP contribution is -2.73. The Bertz CT molecular complexity index is 1610. The van der Waals surface area contributed by atoms with Gasteiger partial charge < -0.3 is 23.4 Å². The van der Waals surface area contributed by atoms with E-state index in [-0.39, 0.29) is 35.1 Å². The molecule has 2 heterocycles. The molecule has 5 aliphatic rings. The minimum Gasteiger partial charge on any atom is -0.472 e. The van der Waals surface area contributed by atoms with Gasteiger partial charge in [-0.05, 0) is 59.8 Å². The van der Waals surface area contributed by atoms with Crippen LogP contribution < -0.4 is 0 Å². The van der Waals surface area contributed by atoms with Crippen molar-refractivity contribution in [1.82, 2.24) is 0 Å². The number of esters is 3.